The maximum atomic E-state index is 12.4. The first-order valence-electron chi connectivity index (χ1n) is 7.61. The van der Waals surface area contributed by atoms with Crippen LogP contribution in [0.1, 0.15) is 11.1 Å². The molecule has 0 bridgehead atoms. The van der Waals surface area contributed by atoms with Crippen LogP contribution in [0.15, 0.2) is 59.5 Å². The molecule has 2 rings (SSSR count). The molecule has 6 heteroatoms. The van der Waals surface area contributed by atoms with Crippen molar-refractivity contribution in [1.29, 1.82) is 0 Å². The monoisotopic (exact) mass is 346 g/mol. The molecular formula is C18H22N2O3S. The SMILES string of the molecule is Cc1ccc(CN(C)C(=O)CN(C)S(=O)(=O)c2ccccc2)cc1. The van der Waals surface area contributed by atoms with E-state index in [0.717, 1.165) is 15.4 Å². The lowest BCUT2D eigenvalue weighted by Gasteiger charge is -2.22. The smallest absolute Gasteiger partial charge is 0.243 e. The second-order valence-electron chi connectivity index (χ2n) is 5.81. The number of hydrogen-bond donors (Lipinski definition) is 0. The van der Waals surface area contributed by atoms with Gasteiger partial charge in [0.15, 0.2) is 0 Å². The minimum atomic E-state index is -3.66. The summed E-state index contributed by atoms with van der Waals surface area (Å²) < 4.78 is 26.0. The van der Waals surface area contributed by atoms with Crippen molar-refractivity contribution < 1.29 is 13.2 Å². The Labute approximate surface area is 143 Å². The fourth-order valence-electron chi connectivity index (χ4n) is 2.22. The lowest BCUT2D eigenvalue weighted by atomic mass is 10.1. The Hall–Kier alpha value is -2.18. The number of amides is 1. The van der Waals surface area contributed by atoms with Crippen LogP contribution in [0.25, 0.3) is 0 Å². The first-order chi connectivity index (χ1) is 11.3. The van der Waals surface area contributed by atoms with Crippen molar-refractivity contribution in [2.24, 2.45) is 0 Å². The molecule has 0 aliphatic carbocycles. The Bertz CT molecular complexity index is 787. The van der Waals surface area contributed by atoms with Crippen LogP contribution in [0.5, 0.6) is 0 Å². The van der Waals surface area contributed by atoms with Crippen molar-refractivity contribution in [2.45, 2.75) is 18.4 Å². The van der Waals surface area contributed by atoms with E-state index in [1.165, 1.54) is 24.1 Å². The standard InChI is InChI=1S/C18H22N2O3S/c1-15-9-11-16(12-10-15)13-19(2)18(21)14-20(3)24(22,23)17-7-5-4-6-8-17/h4-12H,13-14H2,1-3H3. The van der Waals surface area contributed by atoms with Crippen LogP contribution in [0, 0.1) is 6.92 Å². The van der Waals surface area contributed by atoms with Crippen molar-refractivity contribution >= 4 is 15.9 Å². The molecule has 0 atom stereocenters. The molecular weight excluding hydrogens is 324 g/mol. The molecule has 1 amide bonds. The minimum absolute atomic E-state index is 0.182. The fourth-order valence-corrected chi connectivity index (χ4v) is 3.37. The Kier molecular flexibility index (Phi) is 5.75. The lowest BCUT2D eigenvalue weighted by Crippen LogP contribution is -2.39. The maximum absolute atomic E-state index is 12.4. The van der Waals surface area contributed by atoms with Gasteiger partial charge in [-0.15, -0.1) is 0 Å². The molecule has 0 N–H and O–H groups in total. The molecule has 128 valence electrons. The largest absolute Gasteiger partial charge is 0.340 e. The molecule has 0 saturated carbocycles. The maximum Gasteiger partial charge on any atom is 0.243 e. The van der Waals surface area contributed by atoms with Gasteiger partial charge in [0.2, 0.25) is 15.9 Å². The normalized spacial score (nSPS) is 11.5. The predicted molar refractivity (Wildman–Crippen MR) is 93.9 cm³/mol. The van der Waals surface area contributed by atoms with Crippen molar-refractivity contribution in [3.05, 3.63) is 65.7 Å². The van der Waals surface area contributed by atoms with Gasteiger partial charge in [0.05, 0.1) is 11.4 Å². The van der Waals surface area contributed by atoms with Gasteiger partial charge >= 0.3 is 0 Å². The zero-order valence-corrected chi connectivity index (χ0v) is 15.0. The summed E-state index contributed by atoms with van der Waals surface area (Å²) in [5.41, 5.74) is 2.16. The summed E-state index contributed by atoms with van der Waals surface area (Å²) in [4.78, 5) is 14.0. The molecule has 2 aromatic rings. The van der Waals surface area contributed by atoms with E-state index in [9.17, 15) is 13.2 Å². The molecule has 5 nitrogen and oxygen atoms in total. The number of carbonyl (C=O) groups is 1. The number of rotatable bonds is 6. The van der Waals surface area contributed by atoms with Gasteiger partial charge in [-0.25, -0.2) is 8.42 Å². The average Bonchev–Trinajstić information content (AvgIpc) is 2.57. The molecule has 0 fully saturated rings. The van der Waals surface area contributed by atoms with E-state index >= 15 is 0 Å². The quantitative estimate of drug-likeness (QED) is 0.806. The number of likely N-dealkylation sites (N-methyl/N-ethyl adjacent to an activating group) is 2. The Morgan fingerprint density at radius 1 is 0.958 bits per heavy atom. The summed E-state index contributed by atoms with van der Waals surface area (Å²) in [7, 11) is -0.572. The Morgan fingerprint density at radius 3 is 2.12 bits per heavy atom. The van der Waals surface area contributed by atoms with Crippen LogP contribution in [0.4, 0.5) is 0 Å². The van der Waals surface area contributed by atoms with E-state index in [0.29, 0.717) is 6.54 Å². The van der Waals surface area contributed by atoms with E-state index in [-0.39, 0.29) is 17.3 Å². The highest BCUT2D eigenvalue weighted by molar-refractivity contribution is 7.89. The van der Waals surface area contributed by atoms with E-state index in [4.69, 9.17) is 0 Å². The summed E-state index contributed by atoms with van der Waals surface area (Å²) in [6.07, 6.45) is 0. The molecule has 0 spiro atoms. The van der Waals surface area contributed by atoms with Gasteiger partial charge in [-0.2, -0.15) is 4.31 Å². The molecule has 0 saturated heterocycles. The van der Waals surface area contributed by atoms with Gasteiger partial charge in [0.1, 0.15) is 0 Å². The third-order valence-corrected chi connectivity index (χ3v) is 5.59. The van der Waals surface area contributed by atoms with Gasteiger partial charge in [-0.3, -0.25) is 4.79 Å². The first kappa shape index (κ1) is 18.2. The highest BCUT2D eigenvalue weighted by atomic mass is 32.2. The third-order valence-electron chi connectivity index (χ3n) is 3.78. The molecule has 0 aliphatic rings. The van der Waals surface area contributed by atoms with E-state index < -0.39 is 10.0 Å². The van der Waals surface area contributed by atoms with Gasteiger partial charge in [-0.1, -0.05) is 48.0 Å². The minimum Gasteiger partial charge on any atom is -0.340 e. The Morgan fingerprint density at radius 2 is 1.54 bits per heavy atom. The van der Waals surface area contributed by atoms with Crippen LogP contribution in [-0.4, -0.2) is 44.2 Å². The highest BCUT2D eigenvalue weighted by Gasteiger charge is 2.23. The summed E-state index contributed by atoms with van der Waals surface area (Å²) in [6.45, 7) is 2.25. The zero-order valence-electron chi connectivity index (χ0n) is 14.1. The third kappa shape index (κ3) is 4.43. The molecule has 0 aliphatic heterocycles. The van der Waals surface area contributed by atoms with E-state index in [1.54, 1.807) is 25.2 Å². The second kappa shape index (κ2) is 7.59. The predicted octanol–water partition coefficient (Wildman–Crippen LogP) is 2.27. The lowest BCUT2D eigenvalue weighted by molar-refractivity contribution is -0.130. The van der Waals surface area contributed by atoms with Crippen LogP contribution in [0.3, 0.4) is 0 Å². The summed E-state index contributed by atoms with van der Waals surface area (Å²) in [5.74, 6) is -0.252. The van der Waals surface area contributed by atoms with Crippen LogP contribution in [-0.2, 0) is 21.4 Å². The molecule has 0 aromatic heterocycles. The summed E-state index contributed by atoms with van der Waals surface area (Å²) >= 11 is 0. The number of aryl methyl sites for hydroxylation is 1. The molecule has 2 aromatic carbocycles. The number of sulfonamides is 1. The van der Waals surface area contributed by atoms with Crippen molar-refractivity contribution in [1.82, 2.24) is 9.21 Å². The number of nitrogens with zero attached hydrogens (tertiary/aromatic N) is 2. The zero-order chi connectivity index (χ0) is 17.7. The van der Waals surface area contributed by atoms with Gasteiger partial charge in [0, 0.05) is 20.6 Å². The van der Waals surface area contributed by atoms with Crippen molar-refractivity contribution in [2.75, 3.05) is 20.6 Å². The van der Waals surface area contributed by atoms with E-state index in [2.05, 4.69) is 0 Å². The first-order valence-corrected chi connectivity index (χ1v) is 9.05. The Balaban J connectivity index is 2.01. The molecule has 0 radical (unpaired) electrons. The van der Waals surface area contributed by atoms with Gasteiger partial charge in [0.25, 0.3) is 0 Å². The average molecular weight is 346 g/mol. The van der Waals surface area contributed by atoms with Crippen molar-refractivity contribution in [3.8, 4) is 0 Å². The van der Waals surface area contributed by atoms with Crippen LogP contribution < -0.4 is 0 Å². The molecule has 24 heavy (non-hydrogen) atoms. The summed E-state index contributed by atoms with van der Waals surface area (Å²) in [5, 5.41) is 0. The highest BCUT2D eigenvalue weighted by Crippen LogP contribution is 2.14. The number of benzene rings is 2. The van der Waals surface area contributed by atoms with Crippen molar-refractivity contribution in [3.63, 3.8) is 0 Å². The fraction of sp³-hybridized carbons (Fsp3) is 0.278. The van der Waals surface area contributed by atoms with E-state index in [1.807, 2.05) is 31.2 Å². The van der Waals surface area contributed by atoms with Crippen LogP contribution >= 0.6 is 0 Å². The van der Waals surface area contributed by atoms with Gasteiger partial charge < -0.3 is 4.90 Å². The number of hydrogen-bond acceptors (Lipinski definition) is 3. The van der Waals surface area contributed by atoms with Crippen LogP contribution in [0.2, 0.25) is 0 Å². The number of carbonyl (C=O) groups excluding carboxylic acids is 1. The summed E-state index contributed by atoms with van der Waals surface area (Å²) in [6, 6.07) is 16.0. The molecule has 0 unspecified atom stereocenters. The topological polar surface area (TPSA) is 57.7 Å². The second-order valence-corrected chi connectivity index (χ2v) is 7.85. The molecule has 0 heterocycles. The van der Waals surface area contributed by atoms with Gasteiger partial charge in [-0.05, 0) is 24.6 Å².